The number of hydrogen-bond acceptors (Lipinski definition) is 6. The van der Waals surface area contributed by atoms with Gasteiger partial charge < -0.3 is 19.1 Å². The molecular weight excluding hydrogens is 536 g/mol. The average molecular weight is 562 g/mol. The number of benzene rings is 2. The number of para-hydroxylation sites is 1. The maximum Gasteiger partial charge on any atom is 0.418 e. The minimum Gasteiger partial charge on any atom is -0.489 e. The Bertz CT molecular complexity index is 1160. The molecule has 4 rings (SSSR count). The normalized spacial score (nSPS) is 17.7. The Kier molecular flexibility index (Phi) is 8.94. The summed E-state index contributed by atoms with van der Waals surface area (Å²) in [6, 6.07) is 7.94. The van der Waals surface area contributed by atoms with Crippen LogP contribution in [0.2, 0.25) is 0 Å². The van der Waals surface area contributed by atoms with Crippen LogP contribution in [-0.4, -0.2) is 56.3 Å². The quantitative estimate of drug-likeness (QED) is 0.220. The first-order chi connectivity index (χ1) is 18.0. The summed E-state index contributed by atoms with van der Waals surface area (Å²) >= 11 is 0.515. The maximum atomic E-state index is 14.2. The van der Waals surface area contributed by atoms with E-state index in [1.165, 1.54) is 12.3 Å². The van der Waals surface area contributed by atoms with Gasteiger partial charge in [0.15, 0.2) is 5.78 Å². The van der Waals surface area contributed by atoms with Gasteiger partial charge in [-0.25, -0.2) is 0 Å². The number of hydrogen-bond donors (Lipinski definition) is 0. The molecule has 0 aromatic heterocycles. The fraction of sp³-hybridized carbons (Fsp3) is 0.423. The molecule has 0 amide bonds. The van der Waals surface area contributed by atoms with E-state index >= 15 is 0 Å². The summed E-state index contributed by atoms with van der Waals surface area (Å²) < 4.78 is 102. The largest absolute Gasteiger partial charge is 0.489 e. The summed E-state index contributed by atoms with van der Waals surface area (Å²) in [5, 5.41) is 0. The number of nitrogens with zero attached hydrogens (tertiary/aromatic N) is 1. The second-order valence-electron chi connectivity index (χ2n) is 8.66. The zero-order valence-corrected chi connectivity index (χ0v) is 20.9. The third-order valence-corrected chi connectivity index (χ3v) is 7.13. The predicted molar refractivity (Wildman–Crippen MR) is 127 cm³/mol. The number of ether oxygens (including phenoxy) is 3. The fourth-order valence-electron chi connectivity index (χ4n) is 4.16. The van der Waals surface area contributed by atoms with Crippen molar-refractivity contribution in [2.75, 3.05) is 39.5 Å². The van der Waals surface area contributed by atoms with Crippen molar-refractivity contribution in [2.24, 2.45) is 0 Å². The van der Waals surface area contributed by atoms with E-state index in [4.69, 9.17) is 14.2 Å². The monoisotopic (exact) mass is 561 g/mol. The second kappa shape index (κ2) is 12.0. The molecule has 0 unspecified atom stereocenters. The van der Waals surface area contributed by atoms with E-state index in [1.807, 2.05) is 0 Å². The fourth-order valence-corrected chi connectivity index (χ4v) is 5.22. The topological polar surface area (TPSA) is 48.0 Å². The Hall–Kier alpha value is -2.70. The minimum absolute atomic E-state index is 0.225. The van der Waals surface area contributed by atoms with Crippen molar-refractivity contribution in [1.29, 1.82) is 0 Å². The van der Waals surface area contributed by atoms with E-state index in [-0.39, 0.29) is 16.7 Å². The van der Waals surface area contributed by atoms with Crippen LogP contribution in [0.1, 0.15) is 34.3 Å². The molecule has 2 saturated heterocycles. The van der Waals surface area contributed by atoms with Crippen LogP contribution >= 0.6 is 11.8 Å². The summed E-state index contributed by atoms with van der Waals surface area (Å²) in [4.78, 5) is 13.9. The number of carbonyl (C=O) groups excluding carboxylic acids is 1. The number of allylic oxidation sites excluding steroid dienone is 1. The Morgan fingerprint density at radius 1 is 0.868 bits per heavy atom. The molecule has 0 aliphatic carbocycles. The first-order valence-electron chi connectivity index (χ1n) is 11.9. The van der Waals surface area contributed by atoms with Crippen LogP contribution in [0.25, 0.3) is 0 Å². The van der Waals surface area contributed by atoms with Crippen LogP contribution in [0.4, 0.5) is 26.3 Å². The zero-order valence-electron chi connectivity index (χ0n) is 20.1. The molecule has 38 heavy (non-hydrogen) atoms. The highest BCUT2D eigenvalue weighted by atomic mass is 32.2. The van der Waals surface area contributed by atoms with Crippen molar-refractivity contribution < 1.29 is 45.3 Å². The SMILES string of the molecule is O=C(C=CN1CCOCC1)c1ccc(Sc2ccccc2OC2CCOCC2)c(C(F)(F)F)c1C(F)(F)F. The molecule has 0 spiro atoms. The summed E-state index contributed by atoms with van der Waals surface area (Å²) in [6.07, 6.45) is -7.73. The number of ketones is 1. The molecule has 0 saturated carbocycles. The van der Waals surface area contributed by atoms with Crippen LogP contribution in [0, 0.1) is 0 Å². The highest BCUT2D eigenvalue weighted by molar-refractivity contribution is 7.99. The van der Waals surface area contributed by atoms with Crippen molar-refractivity contribution >= 4 is 17.5 Å². The lowest BCUT2D eigenvalue weighted by Gasteiger charge is -2.25. The standard InChI is InChI=1S/C26H25F6NO4S/c27-25(28,29)23-18(19(34)7-10-33-11-15-36-16-12-33)5-6-22(24(23)26(30,31)32)38-21-4-2-1-3-20(21)37-17-8-13-35-14-9-17/h1-7,10,17H,8-9,11-16H2. The highest BCUT2D eigenvalue weighted by Crippen LogP contribution is 2.49. The van der Waals surface area contributed by atoms with Gasteiger partial charge in [0.2, 0.25) is 0 Å². The van der Waals surface area contributed by atoms with Gasteiger partial charge >= 0.3 is 12.4 Å². The van der Waals surface area contributed by atoms with E-state index in [2.05, 4.69) is 0 Å². The second-order valence-corrected chi connectivity index (χ2v) is 9.75. The van der Waals surface area contributed by atoms with E-state index in [0.717, 1.165) is 18.2 Å². The molecule has 12 heteroatoms. The highest BCUT2D eigenvalue weighted by Gasteiger charge is 2.47. The van der Waals surface area contributed by atoms with E-state index in [0.29, 0.717) is 64.1 Å². The predicted octanol–water partition coefficient (Wildman–Crippen LogP) is 6.46. The Morgan fingerprint density at radius 2 is 1.50 bits per heavy atom. The maximum absolute atomic E-state index is 14.2. The number of alkyl halides is 6. The van der Waals surface area contributed by atoms with Gasteiger partial charge in [-0.05, 0) is 24.3 Å². The van der Waals surface area contributed by atoms with Gasteiger partial charge in [-0.15, -0.1) is 0 Å². The Balaban J connectivity index is 1.72. The molecule has 5 nitrogen and oxygen atoms in total. The first kappa shape index (κ1) is 28.3. The summed E-state index contributed by atoms with van der Waals surface area (Å²) in [7, 11) is 0. The van der Waals surface area contributed by atoms with Gasteiger partial charge in [0.05, 0.1) is 42.4 Å². The van der Waals surface area contributed by atoms with Crippen molar-refractivity contribution in [2.45, 2.75) is 41.1 Å². The number of halogens is 6. The lowest BCUT2D eigenvalue weighted by molar-refractivity contribution is -0.163. The Labute approximate surface area is 219 Å². The Morgan fingerprint density at radius 3 is 2.16 bits per heavy atom. The number of rotatable bonds is 7. The average Bonchev–Trinajstić information content (AvgIpc) is 2.88. The third-order valence-electron chi connectivity index (χ3n) is 6.01. The van der Waals surface area contributed by atoms with Crippen molar-refractivity contribution in [3.05, 3.63) is 65.4 Å². The molecule has 0 bridgehead atoms. The van der Waals surface area contributed by atoms with Crippen LogP contribution in [-0.2, 0) is 21.8 Å². The van der Waals surface area contributed by atoms with Crippen molar-refractivity contribution in [3.8, 4) is 5.75 Å². The van der Waals surface area contributed by atoms with Gasteiger partial charge in [0.1, 0.15) is 11.9 Å². The molecule has 2 aromatic rings. The third kappa shape index (κ3) is 7.03. The van der Waals surface area contributed by atoms with E-state index < -0.39 is 39.7 Å². The van der Waals surface area contributed by atoms with Crippen molar-refractivity contribution in [3.63, 3.8) is 0 Å². The molecule has 2 heterocycles. The van der Waals surface area contributed by atoms with Gasteiger partial charge in [-0.2, -0.15) is 26.3 Å². The molecular formula is C26H25F6NO4S. The molecule has 206 valence electrons. The van der Waals surface area contributed by atoms with Gasteiger partial charge in [0.25, 0.3) is 0 Å². The van der Waals surface area contributed by atoms with Crippen LogP contribution in [0.5, 0.6) is 5.75 Å². The van der Waals surface area contributed by atoms with E-state index in [9.17, 15) is 31.1 Å². The molecule has 0 atom stereocenters. The van der Waals surface area contributed by atoms with Gasteiger partial charge in [-0.1, -0.05) is 23.9 Å². The summed E-state index contributed by atoms with van der Waals surface area (Å²) in [5.41, 5.74) is -4.97. The summed E-state index contributed by atoms with van der Waals surface area (Å²) in [6.45, 7) is 2.51. The first-order valence-corrected chi connectivity index (χ1v) is 12.7. The molecule has 2 fully saturated rings. The lowest BCUT2D eigenvalue weighted by Crippen LogP contribution is -2.32. The van der Waals surface area contributed by atoms with Gasteiger partial charge in [0, 0.05) is 48.7 Å². The van der Waals surface area contributed by atoms with Crippen LogP contribution < -0.4 is 4.74 Å². The molecule has 0 radical (unpaired) electrons. The molecule has 0 N–H and O–H groups in total. The molecule has 2 aliphatic heterocycles. The van der Waals surface area contributed by atoms with E-state index in [1.54, 1.807) is 23.1 Å². The lowest BCUT2D eigenvalue weighted by atomic mass is 9.96. The molecule has 2 aromatic carbocycles. The number of morpholine rings is 1. The minimum atomic E-state index is -5.43. The van der Waals surface area contributed by atoms with Crippen molar-refractivity contribution in [1.82, 2.24) is 4.90 Å². The number of carbonyl (C=O) groups is 1. The summed E-state index contributed by atoms with van der Waals surface area (Å²) in [5.74, 6) is -0.909. The van der Waals surface area contributed by atoms with Gasteiger partial charge in [-0.3, -0.25) is 4.79 Å². The zero-order chi connectivity index (χ0) is 27.3. The smallest absolute Gasteiger partial charge is 0.418 e. The van der Waals surface area contributed by atoms with Crippen LogP contribution in [0.15, 0.2) is 58.5 Å². The van der Waals surface area contributed by atoms with Crippen LogP contribution in [0.3, 0.4) is 0 Å². The molecule has 2 aliphatic rings.